The van der Waals surface area contributed by atoms with Crippen LogP contribution in [0.25, 0.3) is 0 Å². The highest BCUT2D eigenvalue weighted by atomic mass is 16.5. The van der Waals surface area contributed by atoms with Crippen molar-refractivity contribution in [2.24, 2.45) is 5.92 Å². The Kier molecular flexibility index (Phi) is 6.49. The zero-order valence-corrected chi connectivity index (χ0v) is 14.7. The van der Waals surface area contributed by atoms with Gasteiger partial charge in [-0.25, -0.2) is 0 Å². The fourth-order valence-electron chi connectivity index (χ4n) is 4.12. The van der Waals surface area contributed by atoms with Gasteiger partial charge < -0.3 is 19.9 Å². The van der Waals surface area contributed by atoms with Gasteiger partial charge >= 0.3 is 0 Å². The van der Waals surface area contributed by atoms with E-state index in [9.17, 15) is 9.59 Å². The smallest absolute Gasteiger partial charge is 0.245 e. The number of hydrogen-bond donors (Lipinski definition) is 1. The second-order valence-corrected chi connectivity index (χ2v) is 7.27. The van der Waals surface area contributed by atoms with Crippen molar-refractivity contribution in [3.8, 4) is 0 Å². The van der Waals surface area contributed by atoms with Gasteiger partial charge in [0.25, 0.3) is 0 Å². The molecule has 0 saturated carbocycles. The van der Waals surface area contributed by atoms with Crippen molar-refractivity contribution in [1.29, 1.82) is 0 Å². The zero-order valence-electron chi connectivity index (χ0n) is 14.7. The Balaban J connectivity index is 1.54. The van der Waals surface area contributed by atoms with Gasteiger partial charge in [0.2, 0.25) is 11.8 Å². The second kappa shape index (κ2) is 8.81. The first-order valence-electron chi connectivity index (χ1n) is 9.62. The Labute approximate surface area is 144 Å². The molecule has 0 spiro atoms. The molecular weight excluding hydrogens is 306 g/mol. The van der Waals surface area contributed by atoms with Gasteiger partial charge in [0.05, 0.1) is 13.2 Å². The molecule has 136 valence electrons. The summed E-state index contributed by atoms with van der Waals surface area (Å²) in [5.41, 5.74) is 0. The number of amides is 2. The van der Waals surface area contributed by atoms with Crippen LogP contribution in [-0.4, -0.2) is 73.6 Å². The molecule has 3 fully saturated rings. The predicted molar refractivity (Wildman–Crippen MR) is 91.6 cm³/mol. The molecule has 6 heteroatoms. The zero-order chi connectivity index (χ0) is 16.8. The molecule has 1 unspecified atom stereocenters. The Morgan fingerprint density at radius 2 is 1.75 bits per heavy atom. The van der Waals surface area contributed by atoms with Gasteiger partial charge in [-0.15, -0.1) is 0 Å². The Hall–Kier alpha value is -1.14. The number of piperidine rings is 2. The van der Waals surface area contributed by atoms with Gasteiger partial charge in [0.1, 0.15) is 6.04 Å². The summed E-state index contributed by atoms with van der Waals surface area (Å²) in [7, 11) is 0. The third kappa shape index (κ3) is 4.48. The van der Waals surface area contributed by atoms with E-state index in [-0.39, 0.29) is 17.9 Å². The Bertz CT molecular complexity index is 431. The van der Waals surface area contributed by atoms with E-state index >= 15 is 0 Å². The standard InChI is InChI=1S/C18H31N3O3/c22-17(5-4-15-6-8-19-9-7-15)21-10-2-1-3-16(21)18(23)20-11-13-24-14-12-20/h15-16,19H,1-14H2. The molecule has 0 bridgehead atoms. The van der Waals surface area contributed by atoms with E-state index in [2.05, 4.69) is 5.32 Å². The summed E-state index contributed by atoms with van der Waals surface area (Å²) in [4.78, 5) is 29.4. The SMILES string of the molecule is O=C(C1CCCCN1C(=O)CCC1CCNCC1)N1CCOCC1. The minimum absolute atomic E-state index is 0.133. The number of ether oxygens (including phenoxy) is 1. The van der Waals surface area contributed by atoms with Crippen LogP contribution in [0, 0.1) is 5.92 Å². The highest BCUT2D eigenvalue weighted by Gasteiger charge is 2.35. The van der Waals surface area contributed by atoms with Crippen molar-refractivity contribution in [3.63, 3.8) is 0 Å². The summed E-state index contributed by atoms with van der Waals surface area (Å²) in [6.07, 6.45) is 6.78. The molecular formula is C18H31N3O3. The summed E-state index contributed by atoms with van der Waals surface area (Å²) >= 11 is 0. The van der Waals surface area contributed by atoms with Gasteiger partial charge in [-0.1, -0.05) is 0 Å². The normalized spacial score (nSPS) is 26.4. The van der Waals surface area contributed by atoms with E-state index in [1.807, 2.05) is 9.80 Å². The molecule has 0 radical (unpaired) electrons. The van der Waals surface area contributed by atoms with Gasteiger partial charge in [-0.05, 0) is 57.5 Å². The first-order chi connectivity index (χ1) is 11.8. The predicted octanol–water partition coefficient (Wildman–Crippen LogP) is 1.01. The number of likely N-dealkylation sites (tertiary alicyclic amines) is 1. The van der Waals surface area contributed by atoms with Crippen LogP contribution in [0.2, 0.25) is 0 Å². The maximum Gasteiger partial charge on any atom is 0.245 e. The third-order valence-corrected chi connectivity index (χ3v) is 5.66. The van der Waals surface area contributed by atoms with E-state index < -0.39 is 0 Å². The van der Waals surface area contributed by atoms with E-state index in [4.69, 9.17) is 4.74 Å². The molecule has 0 aromatic rings. The molecule has 6 nitrogen and oxygen atoms in total. The first-order valence-corrected chi connectivity index (χ1v) is 9.62. The molecule has 3 rings (SSSR count). The summed E-state index contributed by atoms with van der Waals surface area (Å²) in [5.74, 6) is 0.974. The summed E-state index contributed by atoms with van der Waals surface area (Å²) in [5, 5.41) is 3.37. The van der Waals surface area contributed by atoms with E-state index in [0.717, 1.165) is 45.3 Å². The van der Waals surface area contributed by atoms with Crippen LogP contribution < -0.4 is 5.32 Å². The van der Waals surface area contributed by atoms with Crippen molar-refractivity contribution in [1.82, 2.24) is 15.1 Å². The average molecular weight is 337 g/mol. The number of hydrogen-bond acceptors (Lipinski definition) is 4. The van der Waals surface area contributed by atoms with Crippen LogP contribution >= 0.6 is 0 Å². The fraction of sp³-hybridized carbons (Fsp3) is 0.889. The van der Waals surface area contributed by atoms with Crippen molar-refractivity contribution in [3.05, 3.63) is 0 Å². The number of morpholine rings is 1. The largest absolute Gasteiger partial charge is 0.378 e. The maximum atomic E-state index is 12.8. The molecule has 1 atom stereocenters. The molecule has 0 aromatic heterocycles. The monoisotopic (exact) mass is 337 g/mol. The quantitative estimate of drug-likeness (QED) is 0.832. The Morgan fingerprint density at radius 3 is 2.50 bits per heavy atom. The molecule has 3 saturated heterocycles. The minimum atomic E-state index is -0.239. The molecule has 1 N–H and O–H groups in total. The molecule has 0 aromatic carbocycles. The van der Waals surface area contributed by atoms with Crippen LogP contribution in [0.4, 0.5) is 0 Å². The van der Waals surface area contributed by atoms with Gasteiger partial charge in [0.15, 0.2) is 0 Å². The molecule has 2 amide bonds. The van der Waals surface area contributed by atoms with Crippen LogP contribution in [0.5, 0.6) is 0 Å². The van der Waals surface area contributed by atoms with E-state index in [0.29, 0.717) is 38.6 Å². The highest BCUT2D eigenvalue weighted by molar-refractivity contribution is 5.88. The molecule has 0 aliphatic carbocycles. The Morgan fingerprint density at radius 1 is 1.00 bits per heavy atom. The summed E-state index contributed by atoms with van der Waals surface area (Å²) in [6, 6.07) is -0.239. The molecule has 3 aliphatic heterocycles. The van der Waals surface area contributed by atoms with Gasteiger partial charge in [-0.3, -0.25) is 9.59 Å². The van der Waals surface area contributed by atoms with Crippen molar-refractivity contribution < 1.29 is 14.3 Å². The van der Waals surface area contributed by atoms with E-state index in [1.165, 1.54) is 12.8 Å². The van der Waals surface area contributed by atoms with Crippen LogP contribution in [-0.2, 0) is 14.3 Å². The summed E-state index contributed by atoms with van der Waals surface area (Å²) < 4.78 is 5.34. The number of rotatable bonds is 4. The molecule has 24 heavy (non-hydrogen) atoms. The number of nitrogens with one attached hydrogen (secondary N) is 1. The van der Waals surface area contributed by atoms with Gasteiger partial charge in [0, 0.05) is 26.1 Å². The van der Waals surface area contributed by atoms with Crippen molar-refractivity contribution in [2.75, 3.05) is 45.9 Å². The lowest BCUT2D eigenvalue weighted by molar-refractivity contribution is -0.150. The van der Waals surface area contributed by atoms with Crippen molar-refractivity contribution in [2.45, 2.75) is 51.0 Å². The van der Waals surface area contributed by atoms with Crippen LogP contribution in [0.1, 0.15) is 44.9 Å². The topological polar surface area (TPSA) is 61.9 Å². The lowest BCUT2D eigenvalue weighted by Crippen LogP contribution is -2.55. The lowest BCUT2D eigenvalue weighted by Gasteiger charge is -2.39. The fourth-order valence-corrected chi connectivity index (χ4v) is 4.12. The van der Waals surface area contributed by atoms with Crippen LogP contribution in [0.15, 0.2) is 0 Å². The summed E-state index contributed by atoms with van der Waals surface area (Å²) in [6.45, 7) is 5.43. The maximum absolute atomic E-state index is 12.8. The van der Waals surface area contributed by atoms with E-state index in [1.54, 1.807) is 0 Å². The second-order valence-electron chi connectivity index (χ2n) is 7.27. The minimum Gasteiger partial charge on any atom is -0.378 e. The molecule has 3 heterocycles. The third-order valence-electron chi connectivity index (χ3n) is 5.66. The van der Waals surface area contributed by atoms with Crippen LogP contribution in [0.3, 0.4) is 0 Å². The van der Waals surface area contributed by atoms with Gasteiger partial charge in [-0.2, -0.15) is 0 Å². The number of carbonyl (C=O) groups is 2. The highest BCUT2D eigenvalue weighted by Crippen LogP contribution is 2.23. The number of nitrogens with zero attached hydrogens (tertiary/aromatic N) is 2. The first kappa shape index (κ1) is 17.7. The lowest BCUT2D eigenvalue weighted by atomic mass is 9.92. The molecule has 3 aliphatic rings. The van der Waals surface area contributed by atoms with Crippen molar-refractivity contribution >= 4 is 11.8 Å². The number of carbonyl (C=O) groups excluding carboxylic acids is 2. The average Bonchev–Trinajstić information content (AvgIpc) is 2.67.